The van der Waals surface area contributed by atoms with Crippen LogP contribution >= 0.6 is 11.8 Å². The van der Waals surface area contributed by atoms with E-state index in [1.807, 2.05) is 31.2 Å². The number of carbonyl (C=O) groups is 1. The van der Waals surface area contributed by atoms with Crippen LogP contribution in [-0.4, -0.2) is 16.8 Å². The van der Waals surface area contributed by atoms with Gasteiger partial charge in [-0.05, 0) is 30.7 Å². The highest BCUT2D eigenvalue weighted by Gasteiger charge is 2.10. The molecule has 0 spiro atoms. The van der Waals surface area contributed by atoms with Gasteiger partial charge in [-0.25, -0.2) is 4.79 Å². The number of carbonyl (C=O) groups excluding carboxylic acids is 1. The van der Waals surface area contributed by atoms with E-state index in [1.165, 1.54) is 30.0 Å². The predicted molar refractivity (Wildman–Crippen MR) is 95.8 cm³/mol. The number of hydrogen-bond acceptors (Lipinski definition) is 6. The number of thioether (sulfide) groups is 1. The first-order valence-corrected chi connectivity index (χ1v) is 8.61. The summed E-state index contributed by atoms with van der Waals surface area (Å²) in [6.45, 7) is 1.96. The van der Waals surface area contributed by atoms with E-state index in [9.17, 15) is 14.7 Å². The Morgan fingerprint density at radius 3 is 2.80 bits per heavy atom. The van der Waals surface area contributed by atoms with Gasteiger partial charge in [0, 0.05) is 28.0 Å². The first-order valence-electron chi connectivity index (χ1n) is 7.63. The summed E-state index contributed by atoms with van der Waals surface area (Å²) in [5.41, 5.74) is 1.35. The first kappa shape index (κ1) is 17.1. The van der Waals surface area contributed by atoms with Crippen molar-refractivity contribution in [3.63, 3.8) is 0 Å². The van der Waals surface area contributed by atoms with Crippen LogP contribution in [0.15, 0.2) is 62.6 Å². The van der Waals surface area contributed by atoms with E-state index in [0.717, 1.165) is 10.5 Å². The van der Waals surface area contributed by atoms with Crippen molar-refractivity contribution in [1.82, 2.24) is 0 Å². The monoisotopic (exact) mass is 356 g/mol. The predicted octanol–water partition coefficient (Wildman–Crippen LogP) is 3.64. The summed E-state index contributed by atoms with van der Waals surface area (Å²) in [6, 6.07) is 13.6. The highest BCUT2D eigenvalue weighted by molar-refractivity contribution is 8.00. The van der Waals surface area contributed by atoms with Gasteiger partial charge in [-0.3, -0.25) is 4.79 Å². The van der Waals surface area contributed by atoms with Crippen molar-refractivity contribution < 1.29 is 19.1 Å². The Labute approximate surface area is 148 Å². The summed E-state index contributed by atoms with van der Waals surface area (Å²) in [4.78, 5) is 24.6. The molecule has 25 heavy (non-hydrogen) atoms. The maximum atomic E-state index is 12.0. The van der Waals surface area contributed by atoms with Crippen LogP contribution in [0.3, 0.4) is 0 Å². The van der Waals surface area contributed by atoms with Crippen molar-refractivity contribution in [3.05, 3.63) is 70.1 Å². The Morgan fingerprint density at radius 2 is 2.00 bits per heavy atom. The molecule has 1 aromatic heterocycles. The van der Waals surface area contributed by atoms with Crippen LogP contribution < -0.4 is 5.63 Å². The zero-order valence-corrected chi connectivity index (χ0v) is 14.3. The van der Waals surface area contributed by atoms with Crippen LogP contribution in [0.1, 0.15) is 11.1 Å². The lowest BCUT2D eigenvalue weighted by atomic mass is 10.1. The largest absolute Gasteiger partial charge is 0.508 e. The summed E-state index contributed by atoms with van der Waals surface area (Å²) in [5, 5.41) is 10.1. The molecule has 1 N–H and O–H groups in total. The molecule has 3 rings (SSSR count). The van der Waals surface area contributed by atoms with E-state index in [0.29, 0.717) is 10.9 Å². The van der Waals surface area contributed by atoms with Gasteiger partial charge >= 0.3 is 11.6 Å². The van der Waals surface area contributed by atoms with E-state index in [4.69, 9.17) is 9.15 Å². The van der Waals surface area contributed by atoms with Gasteiger partial charge in [0.1, 0.15) is 17.9 Å². The van der Waals surface area contributed by atoms with E-state index >= 15 is 0 Å². The van der Waals surface area contributed by atoms with Crippen molar-refractivity contribution in [1.29, 1.82) is 0 Å². The Bertz CT molecular complexity index is 977. The van der Waals surface area contributed by atoms with Gasteiger partial charge in [0.2, 0.25) is 0 Å². The Balaban J connectivity index is 1.67. The topological polar surface area (TPSA) is 76.7 Å². The van der Waals surface area contributed by atoms with Crippen LogP contribution in [-0.2, 0) is 16.1 Å². The quantitative estimate of drug-likeness (QED) is 0.427. The summed E-state index contributed by atoms with van der Waals surface area (Å²) >= 11 is 1.41. The van der Waals surface area contributed by atoms with Gasteiger partial charge in [-0.15, -0.1) is 11.8 Å². The maximum absolute atomic E-state index is 12.0. The molecule has 5 nitrogen and oxygen atoms in total. The molecule has 0 saturated heterocycles. The SMILES string of the molecule is Cc1ccccc1SCC(=O)OCc1cc(=O)oc2cc(O)ccc12. The molecule has 3 aromatic rings. The minimum absolute atomic E-state index is 0.000532. The fourth-order valence-electron chi connectivity index (χ4n) is 2.39. The Hall–Kier alpha value is -2.73. The third-order valence-corrected chi connectivity index (χ3v) is 4.79. The number of hydrogen-bond donors (Lipinski definition) is 1. The second-order valence-electron chi connectivity index (χ2n) is 5.49. The van der Waals surface area contributed by atoms with Crippen LogP contribution in [0, 0.1) is 6.92 Å². The number of aryl methyl sites for hydroxylation is 1. The molecule has 0 aliphatic heterocycles. The lowest BCUT2D eigenvalue weighted by Gasteiger charge is -2.08. The molecule has 0 aliphatic rings. The summed E-state index contributed by atoms with van der Waals surface area (Å²) in [5.74, 6) is -0.182. The average Bonchev–Trinajstić information content (AvgIpc) is 2.58. The average molecular weight is 356 g/mol. The molecule has 0 amide bonds. The zero-order chi connectivity index (χ0) is 17.8. The number of aromatic hydroxyl groups is 1. The van der Waals surface area contributed by atoms with Crippen molar-refractivity contribution >= 4 is 28.7 Å². The third kappa shape index (κ3) is 4.22. The maximum Gasteiger partial charge on any atom is 0.336 e. The van der Waals surface area contributed by atoms with E-state index < -0.39 is 5.63 Å². The van der Waals surface area contributed by atoms with E-state index in [1.54, 1.807) is 6.07 Å². The van der Waals surface area contributed by atoms with Crippen LogP contribution in [0.2, 0.25) is 0 Å². The Morgan fingerprint density at radius 1 is 1.20 bits per heavy atom. The van der Waals surface area contributed by atoms with E-state index in [2.05, 4.69) is 0 Å². The van der Waals surface area contributed by atoms with E-state index in [-0.39, 0.29) is 29.7 Å². The van der Waals surface area contributed by atoms with Crippen molar-refractivity contribution in [2.45, 2.75) is 18.4 Å². The van der Waals surface area contributed by atoms with Crippen molar-refractivity contribution in [2.75, 3.05) is 5.75 Å². The molecule has 0 unspecified atom stereocenters. The fourth-order valence-corrected chi connectivity index (χ4v) is 3.22. The molecular formula is C19H16O5S. The van der Waals surface area contributed by atoms with Crippen molar-refractivity contribution in [2.24, 2.45) is 0 Å². The second kappa shape index (κ2) is 7.44. The van der Waals surface area contributed by atoms with Gasteiger partial charge in [-0.2, -0.15) is 0 Å². The lowest BCUT2D eigenvalue weighted by molar-refractivity contribution is -0.141. The molecule has 2 aromatic carbocycles. The summed E-state index contributed by atoms with van der Waals surface area (Å²) in [7, 11) is 0. The minimum atomic E-state index is -0.557. The fraction of sp³-hybridized carbons (Fsp3) is 0.158. The van der Waals surface area contributed by atoms with Crippen molar-refractivity contribution in [3.8, 4) is 5.75 Å². The van der Waals surface area contributed by atoms with Gasteiger partial charge in [0.25, 0.3) is 0 Å². The number of rotatable bonds is 5. The molecule has 0 saturated carbocycles. The van der Waals surface area contributed by atoms with Crippen LogP contribution in [0.4, 0.5) is 0 Å². The number of phenols is 1. The molecule has 6 heteroatoms. The minimum Gasteiger partial charge on any atom is -0.508 e. The first-order chi connectivity index (χ1) is 12.0. The number of benzene rings is 2. The molecule has 128 valence electrons. The number of ether oxygens (including phenoxy) is 1. The number of phenolic OH excluding ortho intramolecular Hbond substituents is 1. The molecular weight excluding hydrogens is 340 g/mol. The van der Waals surface area contributed by atoms with Gasteiger partial charge in [0.15, 0.2) is 0 Å². The Kier molecular flexibility index (Phi) is 5.09. The molecule has 1 heterocycles. The van der Waals surface area contributed by atoms with Gasteiger partial charge in [-0.1, -0.05) is 18.2 Å². The zero-order valence-electron chi connectivity index (χ0n) is 13.5. The number of fused-ring (bicyclic) bond motifs is 1. The molecule has 0 aliphatic carbocycles. The van der Waals surface area contributed by atoms with Crippen LogP contribution in [0.25, 0.3) is 11.0 Å². The molecule has 0 fully saturated rings. The second-order valence-corrected chi connectivity index (χ2v) is 6.50. The molecule has 0 radical (unpaired) electrons. The third-order valence-electron chi connectivity index (χ3n) is 3.64. The molecule has 0 bridgehead atoms. The lowest BCUT2D eigenvalue weighted by Crippen LogP contribution is -2.09. The summed E-state index contributed by atoms with van der Waals surface area (Å²) in [6.07, 6.45) is 0. The smallest absolute Gasteiger partial charge is 0.336 e. The van der Waals surface area contributed by atoms with Crippen LogP contribution in [0.5, 0.6) is 5.75 Å². The highest BCUT2D eigenvalue weighted by Crippen LogP contribution is 2.24. The van der Waals surface area contributed by atoms with Gasteiger partial charge in [0.05, 0.1) is 5.75 Å². The molecule has 0 atom stereocenters. The number of esters is 1. The normalized spacial score (nSPS) is 10.8. The summed E-state index contributed by atoms with van der Waals surface area (Å²) < 4.78 is 10.3. The van der Waals surface area contributed by atoms with Gasteiger partial charge < -0.3 is 14.3 Å². The standard InChI is InChI=1S/C19H16O5S/c1-12-4-2-3-5-17(12)25-11-19(22)23-10-13-8-18(21)24-16-9-14(20)6-7-15(13)16/h2-9,20H,10-11H2,1H3. The highest BCUT2D eigenvalue weighted by atomic mass is 32.2.